The fraction of sp³-hybridized carbons (Fsp3) is 0.174. The van der Waals surface area contributed by atoms with Gasteiger partial charge in [-0.05, 0) is 53.8 Å². The highest BCUT2D eigenvalue weighted by Gasteiger charge is 2.23. The van der Waals surface area contributed by atoms with Gasteiger partial charge in [-0.2, -0.15) is 0 Å². The molecule has 1 saturated carbocycles. The first-order valence-corrected chi connectivity index (χ1v) is 11.0. The van der Waals surface area contributed by atoms with Crippen molar-refractivity contribution in [1.82, 2.24) is 10.0 Å². The Hall–Kier alpha value is -2.96. The van der Waals surface area contributed by atoms with Crippen molar-refractivity contribution in [2.24, 2.45) is 0 Å². The Balaban J connectivity index is 1.48. The maximum Gasteiger partial charge on any atom is 0.251 e. The van der Waals surface area contributed by atoms with Crippen LogP contribution in [0.4, 0.5) is 0 Å². The zero-order chi connectivity index (χ0) is 20.3. The van der Waals surface area contributed by atoms with Crippen molar-refractivity contribution in [1.29, 1.82) is 0 Å². The van der Waals surface area contributed by atoms with E-state index in [1.54, 1.807) is 30.3 Å². The Morgan fingerprint density at radius 2 is 1.59 bits per heavy atom. The summed E-state index contributed by atoms with van der Waals surface area (Å²) in [6.45, 7) is 0.239. The van der Waals surface area contributed by atoms with Gasteiger partial charge in [-0.15, -0.1) is 0 Å². The molecule has 0 heterocycles. The van der Waals surface area contributed by atoms with Crippen LogP contribution in [-0.4, -0.2) is 20.4 Å². The fourth-order valence-corrected chi connectivity index (χ4v) is 4.04. The molecule has 0 saturated heterocycles. The average Bonchev–Trinajstić information content (AvgIpc) is 3.57. The zero-order valence-corrected chi connectivity index (χ0v) is 16.7. The van der Waals surface area contributed by atoms with Gasteiger partial charge in [-0.25, -0.2) is 13.1 Å². The monoisotopic (exact) mass is 406 g/mol. The van der Waals surface area contributed by atoms with Gasteiger partial charge < -0.3 is 5.32 Å². The van der Waals surface area contributed by atoms with E-state index >= 15 is 0 Å². The van der Waals surface area contributed by atoms with Crippen LogP contribution in [0.2, 0.25) is 0 Å². The lowest BCUT2D eigenvalue weighted by Gasteiger charge is -2.09. The van der Waals surface area contributed by atoms with Crippen molar-refractivity contribution in [3.8, 4) is 11.1 Å². The Morgan fingerprint density at radius 1 is 0.862 bits per heavy atom. The number of benzene rings is 3. The number of carbonyl (C=O) groups is 1. The minimum atomic E-state index is -3.60. The molecule has 0 unspecified atom stereocenters. The second-order valence-electron chi connectivity index (χ2n) is 7.16. The number of amides is 1. The number of nitrogens with one attached hydrogen (secondary N) is 2. The van der Waals surface area contributed by atoms with Gasteiger partial charge in [0, 0.05) is 18.2 Å². The first kappa shape index (κ1) is 19.4. The van der Waals surface area contributed by atoms with Crippen molar-refractivity contribution < 1.29 is 13.2 Å². The average molecular weight is 407 g/mol. The van der Waals surface area contributed by atoms with Gasteiger partial charge in [-0.1, -0.05) is 54.6 Å². The van der Waals surface area contributed by atoms with E-state index in [0.717, 1.165) is 29.5 Å². The Bertz CT molecular complexity index is 1110. The molecule has 0 spiro atoms. The lowest BCUT2D eigenvalue weighted by atomic mass is 10.0. The van der Waals surface area contributed by atoms with E-state index in [0.29, 0.717) is 11.6 Å². The number of hydrogen-bond acceptors (Lipinski definition) is 3. The van der Waals surface area contributed by atoms with E-state index in [2.05, 4.69) is 10.0 Å². The summed E-state index contributed by atoms with van der Waals surface area (Å²) < 4.78 is 27.7. The molecule has 3 aromatic rings. The van der Waals surface area contributed by atoms with Gasteiger partial charge >= 0.3 is 0 Å². The van der Waals surface area contributed by atoms with Crippen LogP contribution in [0.5, 0.6) is 0 Å². The topological polar surface area (TPSA) is 75.3 Å². The molecule has 0 aromatic heterocycles. The molecule has 1 fully saturated rings. The predicted octanol–water partition coefficient (Wildman–Crippen LogP) is 3.72. The number of rotatable bonds is 7. The van der Waals surface area contributed by atoms with E-state index < -0.39 is 10.0 Å². The summed E-state index contributed by atoms with van der Waals surface area (Å²) in [4.78, 5) is 12.5. The standard InChI is InChI=1S/C23H22N2O3S/c26-23(25-21-11-12-21)20-8-4-7-19(15-20)18-9-13-22(14-10-18)29(27,28)24-16-17-5-2-1-3-6-17/h1-10,13-15,21,24H,11-12,16H2,(H,25,26). The highest BCUT2D eigenvalue weighted by molar-refractivity contribution is 7.89. The third kappa shape index (κ3) is 4.91. The molecule has 148 valence electrons. The molecule has 0 bridgehead atoms. The van der Waals surface area contributed by atoms with E-state index in [1.165, 1.54) is 0 Å². The molecule has 2 N–H and O–H groups in total. The van der Waals surface area contributed by atoms with E-state index in [4.69, 9.17) is 0 Å². The van der Waals surface area contributed by atoms with Crippen LogP contribution in [-0.2, 0) is 16.6 Å². The van der Waals surface area contributed by atoms with Crippen molar-refractivity contribution in [3.05, 3.63) is 90.0 Å². The summed E-state index contributed by atoms with van der Waals surface area (Å²) in [5, 5.41) is 2.98. The first-order valence-electron chi connectivity index (χ1n) is 9.56. The zero-order valence-electron chi connectivity index (χ0n) is 15.8. The van der Waals surface area contributed by atoms with Crippen LogP contribution in [0.1, 0.15) is 28.8 Å². The second-order valence-corrected chi connectivity index (χ2v) is 8.93. The minimum absolute atomic E-state index is 0.0707. The molecule has 0 atom stereocenters. The molecule has 0 aliphatic heterocycles. The first-order chi connectivity index (χ1) is 14.0. The lowest BCUT2D eigenvalue weighted by Crippen LogP contribution is -2.25. The van der Waals surface area contributed by atoms with Crippen LogP contribution in [0.25, 0.3) is 11.1 Å². The van der Waals surface area contributed by atoms with Crippen molar-refractivity contribution >= 4 is 15.9 Å². The summed E-state index contributed by atoms with van der Waals surface area (Å²) >= 11 is 0. The van der Waals surface area contributed by atoms with E-state index in [9.17, 15) is 13.2 Å². The number of hydrogen-bond donors (Lipinski definition) is 2. The Morgan fingerprint density at radius 3 is 2.28 bits per heavy atom. The highest BCUT2D eigenvalue weighted by atomic mass is 32.2. The smallest absolute Gasteiger partial charge is 0.251 e. The normalized spacial score (nSPS) is 13.8. The summed E-state index contributed by atoms with van der Waals surface area (Å²) in [5.74, 6) is -0.0707. The molecule has 4 rings (SSSR count). The Kier molecular flexibility index (Phi) is 5.47. The van der Waals surface area contributed by atoms with Crippen molar-refractivity contribution in [2.45, 2.75) is 30.3 Å². The van der Waals surface area contributed by atoms with Crippen LogP contribution in [0.15, 0.2) is 83.8 Å². The van der Waals surface area contributed by atoms with Crippen LogP contribution >= 0.6 is 0 Å². The summed E-state index contributed by atoms with van der Waals surface area (Å²) in [7, 11) is -3.60. The number of sulfonamides is 1. The molecule has 0 radical (unpaired) electrons. The molecule has 6 heteroatoms. The molecule has 3 aromatic carbocycles. The third-order valence-electron chi connectivity index (χ3n) is 4.84. The number of carbonyl (C=O) groups excluding carboxylic acids is 1. The minimum Gasteiger partial charge on any atom is -0.349 e. The quantitative estimate of drug-likeness (QED) is 0.628. The fourth-order valence-electron chi connectivity index (χ4n) is 3.02. The predicted molar refractivity (Wildman–Crippen MR) is 113 cm³/mol. The lowest BCUT2D eigenvalue weighted by molar-refractivity contribution is 0.0951. The maximum absolute atomic E-state index is 12.5. The van der Waals surface area contributed by atoms with Crippen molar-refractivity contribution in [2.75, 3.05) is 0 Å². The van der Waals surface area contributed by atoms with Gasteiger partial charge in [0.1, 0.15) is 0 Å². The maximum atomic E-state index is 12.5. The van der Waals surface area contributed by atoms with Gasteiger partial charge in [0.15, 0.2) is 0 Å². The highest BCUT2D eigenvalue weighted by Crippen LogP contribution is 2.24. The van der Waals surface area contributed by atoms with Crippen LogP contribution in [0, 0.1) is 0 Å². The molecule has 1 amide bonds. The van der Waals surface area contributed by atoms with Gasteiger partial charge in [0.2, 0.25) is 10.0 Å². The van der Waals surface area contributed by atoms with Gasteiger partial charge in [0.05, 0.1) is 4.90 Å². The van der Waals surface area contributed by atoms with E-state index in [-0.39, 0.29) is 17.3 Å². The largest absolute Gasteiger partial charge is 0.349 e. The summed E-state index contributed by atoms with van der Waals surface area (Å²) in [5.41, 5.74) is 3.23. The Labute approximate surface area is 170 Å². The van der Waals surface area contributed by atoms with Crippen LogP contribution in [0.3, 0.4) is 0 Å². The SMILES string of the molecule is O=C(NC1CC1)c1cccc(-c2ccc(S(=O)(=O)NCc3ccccc3)cc2)c1. The molecular weight excluding hydrogens is 384 g/mol. The molecule has 1 aliphatic carbocycles. The molecule has 5 nitrogen and oxygen atoms in total. The molecule has 29 heavy (non-hydrogen) atoms. The van der Waals surface area contributed by atoms with Gasteiger partial charge in [-0.3, -0.25) is 4.79 Å². The van der Waals surface area contributed by atoms with Gasteiger partial charge in [0.25, 0.3) is 5.91 Å². The second kappa shape index (κ2) is 8.19. The van der Waals surface area contributed by atoms with Crippen LogP contribution < -0.4 is 10.0 Å². The van der Waals surface area contributed by atoms with E-state index in [1.807, 2.05) is 48.5 Å². The molecular formula is C23H22N2O3S. The molecule has 1 aliphatic rings. The summed E-state index contributed by atoms with van der Waals surface area (Å²) in [6, 6.07) is 23.7. The third-order valence-corrected chi connectivity index (χ3v) is 6.26. The summed E-state index contributed by atoms with van der Waals surface area (Å²) in [6.07, 6.45) is 2.08. The van der Waals surface area contributed by atoms with Crippen molar-refractivity contribution in [3.63, 3.8) is 0 Å².